The van der Waals surface area contributed by atoms with Crippen molar-refractivity contribution >= 4 is 5.78 Å². The van der Waals surface area contributed by atoms with Crippen molar-refractivity contribution in [2.24, 2.45) is 0 Å². The van der Waals surface area contributed by atoms with Crippen molar-refractivity contribution in [1.29, 1.82) is 0 Å². The van der Waals surface area contributed by atoms with Crippen molar-refractivity contribution in [3.63, 3.8) is 0 Å². The number of hydrogen-bond donors (Lipinski definition) is 1. The summed E-state index contributed by atoms with van der Waals surface area (Å²) in [6.07, 6.45) is 0.579. The highest BCUT2D eigenvalue weighted by Crippen LogP contribution is 2.26. The van der Waals surface area contributed by atoms with Crippen molar-refractivity contribution in [2.45, 2.75) is 13.3 Å². The van der Waals surface area contributed by atoms with Gasteiger partial charge in [-0.1, -0.05) is 12.1 Å². The maximum absolute atomic E-state index is 13.2. The van der Waals surface area contributed by atoms with Crippen molar-refractivity contribution in [3.8, 4) is 11.5 Å². The number of halogens is 1. The summed E-state index contributed by atoms with van der Waals surface area (Å²) in [7, 11) is 0. The molecule has 2 rings (SSSR count). The second-order valence-corrected chi connectivity index (χ2v) is 4.42. The fourth-order valence-corrected chi connectivity index (χ4v) is 1.85. The van der Waals surface area contributed by atoms with Crippen LogP contribution in [0.4, 0.5) is 4.39 Å². The van der Waals surface area contributed by atoms with Crippen molar-refractivity contribution < 1.29 is 19.0 Å². The lowest BCUT2D eigenvalue weighted by Crippen LogP contribution is -1.98. The molecule has 0 saturated heterocycles. The SMILES string of the molecule is CC(=O)c1cc(F)ccc1Oc1ccc(CCO)cc1. The highest BCUT2D eigenvalue weighted by atomic mass is 19.1. The van der Waals surface area contributed by atoms with Gasteiger partial charge in [0.2, 0.25) is 0 Å². The molecular weight excluding hydrogens is 259 g/mol. The molecule has 4 heteroatoms. The summed E-state index contributed by atoms with van der Waals surface area (Å²) in [6, 6.07) is 11.0. The third-order valence-electron chi connectivity index (χ3n) is 2.87. The molecule has 20 heavy (non-hydrogen) atoms. The molecule has 0 aromatic heterocycles. The first-order valence-corrected chi connectivity index (χ1v) is 6.28. The van der Waals surface area contributed by atoms with Gasteiger partial charge in [-0.05, 0) is 49.2 Å². The summed E-state index contributed by atoms with van der Waals surface area (Å²) >= 11 is 0. The summed E-state index contributed by atoms with van der Waals surface area (Å²) < 4.78 is 18.8. The monoisotopic (exact) mass is 274 g/mol. The van der Waals surface area contributed by atoms with E-state index in [-0.39, 0.29) is 18.0 Å². The van der Waals surface area contributed by atoms with Gasteiger partial charge in [-0.25, -0.2) is 4.39 Å². The minimum Gasteiger partial charge on any atom is -0.457 e. The number of benzene rings is 2. The van der Waals surface area contributed by atoms with E-state index in [1.165, 1.54) is 19.1 Å². The molecule has 0 heterocycles. The first-order valence-electron chi connectivity index (χ1n) is 6.28. The Morgan fingerprint density at radius 2 is 1.90 bits per heavy atom. The first-order chi connectivity index (χ1) is 9.60. The van der Waals surface area contributed by atoms with Gasteiger partial charge in [-0.2, -0.15) is 0 Å². The van der Waals surface area contributed by atoms with Gasteiger partial charge in [0.05, 0.1) is 5.56 Å². The summed E-state index contributed by atoms with van der Waals surface area (Å²) in [5.41, 5.74) is 1.20. The van der Waals surface area contributed by atoms with E-state index in [1.807, 2.05) is 12.1 Å². The number of hydrogen-bond acceptors (Lipinski definition) is 3. The number of aliphatic hydroxyl groups is 1. The molecule has 0 bridgehead atoms. The third-order valence-corrected chi connectivity index (χ3v) is 2.87. The van der Waals surface area contributed by atoms with Crippen molar-refractivity contribution in [1.82, 2.24) is 0 Å². The average molecular weight is 274 g/mol. The Kier molecular flexibility index (Phi) is 4.48. The molecule has 0 radical (unpaired) electrons. The normalized spacial score (nSPS) is 10.3. The van der Waals surface area contributed by atoms with Crippen LogP contribution in [0.2, 0.25) is 0 Å². The Balaban J connectivity index is 2.23. The number of Topliss-reactive ketones (excluding diaryl/α,β-unsaturated/α-hetero) is 1. The van der Waals surface area contributed by atoms with Gasteiger partial charge in [-0.3, -0.25) is 4.79 Å². The van der Waals surface area contributed by atoms with Gasteiger partial charge in [-0.15, -0.1) is 0 Å². The van der Waals surface area contributed by atoms with E-state index in [0.29, 0.717) is 17.9 Å². The lowest BCUT2D eigenvalue weighted by molar-refractivity contribution is 0.101. The molecule has 104 valence electrons. The minimum atomic E-state index is -0.471. The van der Waals surface area contributed by atoms with E-state index >= 15 is 0 Å². The zero-order chi connectivity index (χ0) is 14.5. The minimum absolute atomic E-state index is 0.0899. The Morgan fingerprint density at radius 3 is 2.50 bits per heavy atom. The van der Waals surface area contributed by atoms with E-state index in [1.54, 1.807) is 12.1 Å². The second kappa shape index (κ2) is 6.30. The van der Waals surface area contributed by atoms with E-state index in [0.717, 1.165) is 11.6 Å². The standard InChI is InChI=1S/C16H15FO3/c1-11(19)15-10-13(17)4-7-16(15)20-14-5-2-12(3-6-14)8-9-18/h2-7,10,18H,8-9H2,1H3. The topological polar surface area (TPSA) is 46.5 Å². The molecule has 0 spiro atoms. The molecule has 0 unspecified atom stereocenters. The van der Waals surface area contributed by atoms with Gasteiger partial charge in [0.1, 0.15) is 17.3 Å². The van der Waals surface area contributed by atoms with Crippen LogP contribution in [0.5, 0.6) is 11.5 Å². The molecule has 2 aromatic rings. The van der Waals surface area contributed by atoms with Crippen molar-refractivity contribution in [2.75, 3.05) is 6.61 Å². The smallest absolute Gasteiger partial charge is 0.163 e. The molecule has 0 atom stereocenters. The molecular formula is C16H15FO3. The lowest BCUT2D eigenvalue weighted by Gasteiger charge is -2.10. The van der Waals surface area contributed by atoms with Gasteiger partial charge in [0.25, 0.3) is 0 Å². The zero-order valence-electron chi connectivity index (χ0n) is 11.1. The summed E-state index contributed by atoms with van der Waals surface area (Å²) in [5, 5.41) is 8.84. The Hall–Kier alpha value is -2.20. The fourth-order valence-electron chi connectivity index (χ4n) is 1.85. The summed E-state index contributed by atoms with van der Waals surface area (Å²) in [6.45, 7) is 1.46. The number of ether oxygens (including phenoxy) is 1. The zero-order valence-corrected chi connectivity index (χ0v) is 11.1. The van der Waals surface area contributed by atoms with Crippen LogP contribution in [-0.2, 0) is 6.42 Å². The second-order valence-electron chi connectivity index (χ2n) is 4.42. The highest BCUT2D eigenvalue weighted by Gasteiger charge is 2.10. The molecule has 0 fully saturated rings. The van der Waals surface area contributed by atoms with E-state index < -0.39 is 5.82 Å². The molecule has 0 amide bonds. The maximum atomic E-state index is 13.2. The molecule has 1 N–H and O–H groups in total. The first kappa shape index (κ1) is 14.2. The fraction of sp³-hybridized carbons (Fsp3) is 0.188. The van der Waals surface area contributed by atoms with Crippen LogP contribution in [0.25, 0.3) is 0 Å². The highest BCUT2D eigenvalue weighted by molar-refractivity contribution is 5.96. The van der Waals surface area contributed by atoms with Crippen LogP contribution in [0.3, 0.4) is 0 Å². The molecule has 0 aliphatic heterocycles. The van der Waals surface area contributed by atoms with Crippen LogP contribution < -0.4 is 4.74 Å². The quantitative estimate of drug-likeness (QED) is 0.850. The third kappa shape index (κ3) is 3.42. The van der Waals surface area contributed by atoms with Crippen LogP contribution in [-0.4, -0.2) is 17.5 Å². The van der Waals surface area contributed by atoms with Crippen LogP contribution in [0, 0.1) is 5.82 Å². The summed E-state index contributed by atoms with van der Waals surface area (Å²) in [5.74, 6) is 0.159. The molecule has 0 saturated carbocycles. The average Bonchev–Trinajstić information content (AvgIpc) is 2.43. The molecule has 3 nitrogen and oxygen atoms in total. The number of carbonyl (C=O) groups excluding carboxylic acids is 1. The Morgan fingerprint density at radius 1 is 1.20 bits per heavy atom. The predicted molar refractivity (Wildman–Crippen MR) is 73.7 cm³/mol. The maximum Gasteiger partial charge on any atom is 0.163 e. The van der Waals surface area contributed by atoms with Crippen molar-refractivity contribution in [3.05, 3.63) is 59.4 Å². The number of rotatable bonds is 5. The van der Waals surface area contributed by atoms with Gasteiger partial charge >= 0.3 is 0 Å². The number of ketones is 1. The van der Waals surface area contributed by atoms with Gasteiger partial charge < -0.3 is 9.84 Å². The van der Waals surface area contributed by atoms with E-state index in [2.05, 4.69) is 0 Å². The van der Waals surface area contributed by atoms with Gasteiger partial charge in [0.15, 0.2) is 5.78 Å². The predicted octanol–water partition coefficient (Wildman–Crippen LogP) is 3.36. The van der Waals surface area contributed by atoms with E-state index in [4.69, 9.17) is 9.84 Å². The van der Waals surface area contributed by atoms with Crippen LogP contribution in [0.1, 0.15) is 22.8 Å². The summed E-state index contributed by atoms with van der Waals surface area (Å²) in [4.78, 5) is 11.5. The lowest BCUT2D eigenvalue weighted by atomic mass is 10.1. The molecule has 0 aliphatic carbocycles. The Labute approximate surface area is 116 Å². The number of aliphatic hydroxyl groups excluding tert-OH is 1. The number of carbonyl (C=O) groups is 1. The Bertz CT molecular complexity index is 606. The van der Waals surface area contributed by atoms with Crippen LogP contribution >= 0.6 is 0 Å². The molecule has 2 aromatic carbocycles. The van der Waals surface area contributed by atoms with E-state index in [9.17, 15) is 9.18 Å². The largest absolute Gasteiger partial charge is 0.457 e. The molecule has 0 aliphatic rings. The van der Waals surface area contributed by atoms with Crippen LogP contribution in [0.15, 0.2) is 42.5 Å². The van der Waals surface area contributed by atoms with Gasteiger partial charge in [0, 0.05) is 6.61 Å².